The fourth-order valence-electron chi connectivity index (χ4n) is 0.970. The molecular weight excluding hydrogens is 138 g/mol. The van der Waals surface area contributed by atoms with Gasteiger partial charge in [0, 0.05) is 18.0 Å². The Bertz CT molecular complexity index is 328. The minimum atomic E-state index is 0.670. The van der Waals surface area contributed by atoms with E-state index in [1.807, 2.05) is 18.2 Å². The second-order valence-corrected chi connectivity index (χ2v) is 2.32. The van der Waals surface area contributed by atoms with E-state index in [0.717, 1.165) is 11.3 Å². The van der Waals surface area contributed by atoms with Crippen molar-refractivity contribution in [3.05, 3.63) is 42.4 Å². The molecule has 0 spiro atoms. The Morgan fingerprint density at radius 2 is 2.27 bits per heavy atom. The van der Waals surface area contributed by atoms with Crippen LogP contribution in [0.2, 0.25) is 0 Å². The molecule has 0 fully saturated rings. The number of rotatable bonds is 0. The van der Waals surface area contributed by atoms with Gasteiger partial charge in [-0.1, -0.05) is 6.58 Å². The average Bonchev–Trinajstić information content (AvgIpc) is 2.04. The summed E-state index contributed by atoms with van der Waals surface area (Å²) < 4.78 is 5.31. The number of ether oxygens (including phenoxy) is 1. The molecule has 0 aromatic carbocycles. The summed E-state index contributed by atoms with van der Waals surface area (Å²) in [5.41, 5.74) is 1.000. The highest BCUT2D eigenvalue weighted by molar-refractivity contribution is 5.61. The summed E-state index contributed by atoms with van der Waals surface area (Å²) in [5, 5.41) is 0. The molecule has 1 aliphatic rings. The Hall–Kier alpha value is -1.57. The highest BCUT2D eigenvalue weighted by Gasteiger charge is 2.05. The van der Waals surface area contributed by atoms with Crippen molar-refractivity contribution in [2.75, 3.05) is 0 Å². The Morgan fingerprint density at radius 3 is 3.18 bits per heavy atom. The SMILES string of the molecule is C=C1C=Cc2cnccc2O1. The fraction of sp³-hybridized carbons (Fsp3) is 0. The third-order valence-electron chi connectivity index (χ3n) is 1.50. The van der Waals surface area contributed by atoms with Gasteiger partial charge in [0.25, 0.3) is 0 Å². The van der Waals surface area contributed by atoms with Gasteiger partial charge in [-0.2, -0.15) is 0 Å². The molecule has 0 unspecified atom stereocenters. The van der Waals surface area contributed by atoms with Crippen molar-refractivity contribution in [2.24, 2.45) is 0 Å². The van der Waals surface area contributed by atoms with Crippen LogP contribution in [0.25, 0.3) is 6.08 Å². The van der Waals surface area contributed by atoms with Crippen LogP contribution in [0.15, 0.2) is 36.9 Å². The van der Waals surface area contributed by atoms with Gasteiger partial charge in [0.1, 0.15) is 11.5 Å². The second-order valence-electron chi connectivity index (χ2n) is 2.32. The monoisotopic (exact) mass is 145 g/mol. The molecule has 0 saturated heterocycles. The normalized spacial score (nSPS) is 14.0. The van der Waals surface area contributed by atoms with Crippen LogP contribution in [0.1, 0.15) is 5.56 Å². The molecular formula is C9H7NO. The molecule has 0 radical (unpaired) electrons. The smallest absolute Gasteiger partial charge is 0.137 e. The third-order valence-corrected chi connectivity index (χ3v) is 1.50. The Morgan fingerprint density at radius 1 is 1.36 bits per heavy atom. The first-order valence-corrected chi connectivity index (χ1v) is 3.35. The average molecular weight is 145 g/mol. The van der Waals surface area contributed by atoms with E-state index in [9.17, 15) is 0 Å². The number of nitrogens with zero attached hydrogens (tertiary/aromatic N) is 1. The quantitative estimate of drug-likeness (QED) is 0.557. The van der Waals surface area contributed by atoms with E-state index in [-0.39, 0.29) is 0 Å². The number of pyridine rings is 1. The predicted molar refractivity (Wildman–Crippen MR) is 43.0 cm³/mol. The predicted octanol–water partition coefficient (Wildman–Crippen LogP) is 2.00. The van der Waals surface area contributed by atoms with Gasteiger partial charge in [0.05, 0.1) is 0 Å². The number of aromatic nitrogens is 1. The molecule has 1 aromatic rings. The van der Waals surface area contributed by atoms with Crippen LogP contribution in [-0.4, -0.2) is 4.98 Å². The molecule has 1 aliphatic heterocycles. The van der Waals surface area contributed by atoms with Crippen molar-refractivity contribution in [2.45, 2.75) is 0 Å². The van der Waals surface area contributed by atoms with Crippen molar-refractivity contribution in [3.8, 4) is 5.75 Å². The fourth-order valence-corrected chi connectivity index (χ4v) is 0.970. The van der Waals surface area contributed by atoms with Gasteiger partial charge >= 0.3 is 0 Å². The zero-order valence-electron chi connectivity index (χ0n) is 5.95. The second kappa shape index (κ2) is 2.23. The van der Waals surface area contributed by atoms with Crippen LogP contribution in [-0.2, 0) is 0 Å². The lowest BCUT2D eigenvalue weighted by Crippen LogP contribution is -1.97. The van der Waals surface area contributed by atoms with Gasteiger partial charge in [0.2, 0.25) is 0 Å². The molecule has 2 nitrogen and oxygen atoms in total. The molecule has 2 heteroatoms. The van der Waals surface area contributed by atoms with Gasteiger partial charge < -0.3 is 4.74 Å². The third kappa shape index (κ3) is 1.03. The minimum absolute atomic E-state index is 0.670. The molecule has 1 aromatic heterocycles. The number of hydrogen-bond donors (Lipinski definition) is 0. The van der Waals surface area contributed by atoms with Crippen molar-refractivity contribution >= 4 is 6.08 Å². The van der Waals surface area contributed by atoms with E-state index < -0.39 is 0 Å². The molecule has 0 aliphatic carbocycles. The molecule has 0 N–H and O–H groups in total. The van der Waals surface area contributed by atoms with Gasteiger partial charge in [0.15, 0.2) is 0 Å². The molecule has 11 heavy (non-hydrogen) atoms. The van der Waals surface area contributed by atoms with Gasteiger partial charge in [-0.15, -0.1) is 0 Å². The summed E-state index contributed by atoms with van der Waals surface area (Å²) in [6.45, 7) is 3.68. The summed E-state index contributed by atoms with van der Waals surface area (Å²) in [7, 11) is 0. The standard InChI is InChI=1S/C9H7NO/c1-7-2-3-8-6-10-5-4-9(8)11-7/h2-6H,1H2. The van der Waals surface area contributed by atoms with Gasteiger partial charge in [-0.05, 0) is 18.2 Å². The lowest BCUT2D eigenvalue weighted by molar-refractivity contribution is 0.441. The summed E-state index contributed by atoms with van der Waals surface area (Å²) >= 11 is 0. The van der Waals surface area contributed by atoms with Crippen molar-refractivity contribution in [3.63, 3.8) is 0 Å². The summed E-state index contributed by atoms with van der Waals surface area (Å²) in [6, 6.07) is 1.82. The Labute approximate surface area is 64.8 Å². The summed E-state index contributed by atoms with van der Waals surface area (Å²) in [5.74, 6) is 1.50. The van der Waals surface area contributed by atoms with E-state index in [0.29, 0.717) is 5.76 Å². The van der Waals surface area contributed by atoms with Crippen molar-refractivity contribution in [1.29, 1.82) is 0 Å². The first-order valence-electron chi connectivity index (χ1n) is 3.35. The van der Waals surface area contributed by atoms with E-state index in [1.54, 1.807) is 12.4 Å². The van der Waals surface area contributed by atoms with Crippen molar-refractivity contribution in [1.82, 2.24) is 4.98 Å². The molecule has 0 bridgehead atoms. The lowest BCUT2D eigenvalue weighted by Gasteiger charge is -2.11. The lowest BCUT2D eigenvalue weighted by atomic mass is 10.2. The van der Waals surface area contributed by atoms with E-state index in [4.69, 9.17) is 4.74 Å². The maximum Gasteiger partial charge on any atom is 0.137 e. The van der Waals surface area contributed by atoms with E-state index in [1.165, 1.54) is 0 Å². The number of allylic oxidation sites excluding steroid dienone is 1. The highest BCUT2D eigenvalue weighted by atomic mass is 16.5. The molecule has 54 valence electrons. The molecule has 2 heterocycles. The van der Waals surface area contributed by atoms with Crippen molar-refractivity contribution < 1.29 is 4.74 Å². The summed E-state index contributed by atoms with van der Waals surface area (Å²) in [4.78, 5) is 3.96. The Kier molecular flexibility index (Phi) is 1.25. The zero-order chi connectivity index (χ0) is 7.68. The molecule has 0 saturated carbocycles. The number of hydrogen-bond acceptors (Lipinski definition) is 2. The topological polar surface area (TPSA) is 22.1 Å². The van der Waals surface area contributed by atoms with Crippen LogP contribution in [0.5, 0.6) is 5.75 Å². The maximum absolute atomic E-state index is 5.31. The zero-order valence-corrected chi connectivity index (χ0v) is 5.95. The summed E-state index contributed by atoms with van der Waals surface area (Å²) in [6.07, 6.45) is 7.22. The van der Waals surface area contributed by atoms with E-state index in [2.05, 4.69) is 11.6 Å². The molecule has 0 amide bonds. The van der Waals surface area contributed by atoms with E-state index >= 15 is 0 Å². The first-order chi connectivity index (χ1) is 5.36. The van der Waals surface area contributed by atoms with Crippen LogP contribution in [0, 0.1) is 0 Å². The largest absolute Gasteiger partial charge is 0.457 e. The number of fused-ring (bicyclic) bond motifs is 1. The molecule has 0 atom stereocenters. The maximum atomic E-state index is 5.31. The highest BCUT2D eigenvalue weighted by Crippen LogP contribution is 2.24. The van der Waals surface area contributed by atoms with Crippen LogP contribution in [0.3, 0.4) is 0 Å². The van der Waals surface area contributed by atoms with Gasteiger partial charge in [-0.3, -0.25) is 4.98 Å². The Balaban J connectivity index is 2.54. The van der Waals surface area contributed by atoms with Crippen LogP contribution >= 0.6 is 0 Å². The minimum Gasteiger partial charge on any atom is -0.457 e. The van der Waals surface area contributed by atoms with Crippen LogP contribution < -0.4 is 4.74 Å². The van der Waals surface area contributed by atoms with Gasteiger partial charge in [-0.25, -0.2) is 0 Å². The first kappa shape index (κ1) is 6.16. The molecule has 2 rings (SSSR count). The van der Waals surface area contributed by atoms with Crippen LogP contribution in [0.4, 0.5) is 0 Å².